The van der Waals surface area contributed by atoms with Crippen molar-refractivity contribution in [1.29, 1.82) is 0 Å². The van der Waals surface area contributed by atoms with Crippen LogP contribution in [0.25, 0.3) is 0 Å². The number of amides is 1. The van der Waals surface area contributed by atoms with Gasteiger partial charge in [-0.25, -0.2) is 4.98 Å². The van der Waals surface area contributed by atoms with Gasteiger partial charge in [0.05, 0.1) is 10.5 Å². The molecule has 1 aliphatic heterocycles. The molecule has 1 aromatic heterocycles. The summed E-state index contributed by atoms with van der Waals surface area (Å²) in [6, 6.07) is 13.5. The second kappa shape index (κ2) is 5.99. The molecule has 3 aromatic rings. The maximum absolute atomic E-state index is 13.0. The maximum Gasteiger partial charge on any atom is 0.269 e. The fourth-order valence-corrected chi connectivity index (χ4v) is 3.49. The summed E-state index contributed by atoms with van der Waals surface area (Å²) in [6.07, 6.45) is 1.05. The van der Waals surface area contributed by atoms with Crippen molar-refractivity contribution in [3.63, 3.8) is 0 Å². The number of nitro groups is 1. The van der Waals surface area contributed by atoms with Gasteiger partial charge in [-0.05, 0) is 12.1 Å². The zero-order valence-electron chi connectivity index (χ0n) is 12.8. The van der Waals surface area contributed by atoms with E-state index in [2.05, 4.69) is 10.3 Å². The number of hydrogen-bond acceptors (Lipinski definition) is 6. The van der Waals surface area contributed by atoms with Gasteiger partial charge in [0.25, 0.3) is 11.6 Å². The molecule has 1 amide bonds. The Hall–Kier alpha value is -3.26. The number of carbonyl (C=O) groups is 1. The molecular formula is C17H12N4O3S. The predicted molar refractivity (Wildman–Crippen MR) is 94.8 cm³/mol. The Kier molecular flexibility index (Phi) is 3.66. The number of anilines is 2. The van der Waals surface area contributed by atoms with Gasteiger partial charge in [0.2, 0.25) is 0 Å². The zero-order valence-corrected chi connectivity index (χ0v) is 13.6. The summed E-state index contributed by atoms with van der Waals surface area (Å²) in [5.74, 6) is -0.194. The van der Waals surface area contributed by atoms with Crippen LogP contribution in [-0.4, -0.2) is 15.8 Å². The monoisotopic (exact) mass is 352 g/mol. The fourth-order valence-electron chi connectivity index (χ4n) is 2.83. The number of carbonyl (C=O) groups excluding carboxylic acids is 1. The number of rotatable bonds is 3. The van der Waals surface area contributed by atoms with Gasteiger partial charge in [0.1, 0.15) is 6.17 Å². The topological polar surface area (TPSA) is 88.4 Å². The third-order valence-corrected chi connectivity index (χ3v) is 4.72. The molecule has 2 aromatic carbocycles. The summed E-state index contributed by atoms with van der Waals surface area (Å²) in [5, 5.41) is 16.7. The van der Waals surface area contributed by atoms with Gasteiger partial charge in [-0.3, -0.25) is 19.8 Å². The Bertz CT molecular complexity index is 958. The first-order valence-corrected chi connectivity index (χ1v) is 8.36. The standard InChI is InChI=1S/C17H12N4O3S/c22-16-13-6-1-2-7-14(13)19-15(20(16)17-18-8-9-25-17)11-4-3-5-12(10-11)21(23)24/h1-10,15,19H. The number of non-ortho nitro benzene ring substituents is 1. The highest BCUT2D eigenvalue weighted by Gasteiger charge is 2.35. The highest BCUT2D eigenvalue weighted by atomic mass is 32.1. The summed E-state index contributed by atoms with van der Waals surface area (Å²) in [6.45, 7) is 0. The second-order valence-electron chi connectivity index (χ2n) is 5.43. The molecule has 25 heavy (non-hydrogen) atoms. The van der Waals surface area contributed by atoms with Crippen molar-refractivity contribution in [2.45, 2.75) is 6.17 Å². The highest BCUT2D eigenvalue weighted by Crippen LogP contribution is 2.37. The molecule has 0 bridgehead atoms. The van der Waals surface area contributed by atoms with Crippen molar-refractivity contribution < 1.29 is 9.72 Å². The Morgan fingerprint density at radius 1 is 1.20 bits per heavy atom. The number of para-hydroxylation sites is 1. The lowest BCUT2D eigenvalue weighted by Gasteiger charge is -2.36. The van der Waals surface area contributed by atoms with Crippen molar-refractivity contribution in [2.24, 2.45) is 0 Å². The molecule has 0 fully saturated rings. The minimum Gasteiger partial charge on any atom is -0.360 e. The quantitative estimate of drug-likeness (QED) is 0.572. The van der Waals surface area contributed by atoms with E-state index in [9.17, 15) is 14.9 Å². The summed E-state index contributed by atoms with van der Waals surface area (Å²) in [7, 11) is 0. The van der Waals surface area contributed by atoms with E-state index in [1.54, 1.807) is 35.8 Å². The molecule has 0 spiro atoms. The summed E-state index contributed by atoms with van der Waals surface area (Å²) >= 11 is 1.34. The molecule has 1 aliphatic rings. The molecule has 1 N–H and O–H groups in total. The van der Waals surface area contributed by atoms with E-state index in [-0.39, 0.29) is 11.6 Å². The summed E-state index contributed by atoms with van der Waals surface area (Å²) < 4.78 is 0. The van der Waals surface area contributed by atoms with E-state index in [0.717, 1.165) is 0 Å². The van der Waals surface area contributed by atoms with Crippen LogP contribution in [0.15, 0.2) is 60.1 Å². The van der Waals surface area contributed by atoms with E-state index in [1.807, 2.05) is 12.1 Å². The number of hydrogen-bond donors (Lipinski definition) is 1. The van der Waals surface area contributed by atoms with Gasteiger partial charge >= 0.3 is 0 Å². The van der Waals surface area contributed by atoms with Crippen LogP contribution in [0.4, 0.5) is 16.5 Å². The zero-order chi connectivity index (χ0) is 17.4. The average Bonchev–Trinajstić information content (AvgIpc) is 3.16. The van der Waals surface area contributed by atoms with Crippen molar-refractivity contribution in [2.75, 3.05) is 10.2 Å². The molecule has 4 rings (SSSR count). The number of benzene rings is 2. The molecule has 0 saturated heterocycles. The summed E-state index contributed by atoms with van der Waals surface area (Å²) in [5.41, 5.74) is 1.83. The molecule has 1 atom stereocenters. The Morgan fingerprint density at radius 3 is 2.80 bits per heavy atom. The summed E-state index contributed by atoms with van der Waals surface area (Å²) in [4.78, 5) is 29.5. The van der Waals surface area contributed by atoms with Gasteiger partial charge in [-0.2, -0.15) is 0 Å². The van der Waals surface area contributed by atoms with Gasteiger partial charge in [0, 0.05) is 35.0 Å². The van der Waals surface area contributed by atoms with Crippen LogP contribution in [-0.2, 0) is 0 Å². The minimum absolute atomic E-state index is 0.0234. The van der Waals surface area contributed by atoms with Crippen LogP contribution >= 0.6 is 11.3 Å². The average molecular weight is 352 g/mol. The smallest absolute Gasteiger partial charge is 0.269 e. The second-order valence-corrected chi connectivity index (χ2v) is 6.31. The largest absolute Gasteiger partial charge is 0.360 e. The van der Waals surface area contributed by atoms with Crippen LogP contribution in [0.3, 0.4) is 0 Å². The number of fused-ring (bicyclic) bond motifs is 1. The molecule has 2 heterocycles. The molecule has 7 nitrogen and oxygen atoms in total. The van der Waals surface area contributed by atoms with Crippen molar-refractivity contribution in [3.05, 3.63) is 81.3 Å². The lowest BCUT2D eigenvalue weighted by molar-refractivity contribution is -0.384. The number of nitrogens with one attached hydrogen (secondary N) is 1. The van der Waals surface area contributed by atoms with Crippen molar-refractivity contribution >= 4 is 33.8 Å². The molecule has 1 unspecified atom stereocenters. The van der Waals surface area contributed by atoms with E-state index in [0.29, 0.717) is 21.9 Å². The van der Waals surface area contributed by atoms with Crippen LogP contribution in [0.2, 0.25) is 0 Å². The van der Waals surface area contributed by atoms with E-state index in [1.165, 1.54) is 28.4 Å². The molecular weight excluding hydrogens is 340 g/mol. The SMILES string of the molecule is O=C1c2ccccc2NC(c2cccc([N+](=O)[O-])c2)N1c1nccs1. The minimum atomic E-state index is -0.576. The Labute approximate surface area is 146 Å². The maximum atomic E-state index is 13.0. The van der Waals surface area contributed by atoms with Crippen molar-refractivity contribution in [1.82, 2.24) is 4.98 Å². The van der Waals surface area contributed by atoms with E-state index in [4.69, 9.17) is 0 Å². The van der Waals surface area contributed by atoms with Crippen molar-refractivity contribution in [3.8, 4) is 0 Å². The Morgan fingerprint density at radius 2 is 2.04 bits per heavy atom. The van der Waals surface area contributed by atoms with E-state index < -0.39 is 11.1 Å². The highest BCUT2D eigenvalue weighted by molar-refractivity contribution is 7.13. The molecule has 8 heteroatoms. The number of thiazole rings is 1. The molecule has 0 radical (unpaired) electrons. The third kappa shape index (κ3) is 2.62. The van der Waals surface area contributed by atoms with Gasteiger partial charge < -0.3 is 5.32 Å². The first kappa shape index (κ1) is 15.3. The molecule has 0 aliphatic carbocycles. The predicted octanol–water partition coefficient (Wildman–Crippen LogP) is 3.82. The lowest BCUT2D eigenvalue weighted by Crippen LogP contribution is -2.43. The fraction of sp³-hybridized carbons (Fsp3) is 0.0588. The first-order valence-electron chi connectivity index (χ1n) is 7.48. The van der Waals surface area contributed by atoms with Gasteiger partial charge in [-0.15, -0.1) is 11.3 Å². The lowest BCUT2D eigenvalue weighted by atomic mass is 10.0. The third-order valence-electron chi connectivity index (χ3n) is 3.95. The van der Waals surface area contributed by atoms with E-state index >= 15 is 0 Å². The normalized spacial score (nSPS) is 16.2. The van der Waals surface area contributed by atoms with Gasteiger partial charge in [0.15, 0.2) is 5.13 Å². The Balaban J connectivity index is 1.85. The molecule has 0 saturated carbocycles. The van der Waals surface area contributed by atoms with Crippen LogP contribution < -0.4 is 10.2 Å². The number of aromatic nitrogens is 1. The first-order chi connectivity index (χ1) is 12.1. The van der Waals surface area contributed by atoms with Crippen LogP contribution in [0.1, 0.15) is 22.1 Å². The molecule has 124 valence electrons. The van der Waals surface area contributed by atoms with Gasteiger partial charge in [-0.1, -0.05) is 24.3 Å². The van der Waals surface area contributed by atoms with Crippen LogP contribution in [0.5, 0.6) is 0 Å². The van der Waals surface area contributed by atoms with Crippen LogP contribution in [0, 0.1) is 10.1 Å². The number of nitrogens with zero attached hydrogens (tertiary/aromatic N) is 3. The number of nitro benzene ring substituents is 1.